The minimum absolute atomic E-state index is 0.617. The molecule has 0 unspecified atom stereocenters. The summed E-state index contributed by atoms with van der Waals surface area (Å²) in [6.07, 6.45) is -2.97. The smallest absolute Gasteiger partial charge is 0.111 e. The molecule has 0 saturated heterocycles. The molecule has 0 fully saturated rings. The van der Waals surface area contributed by atoms with Crippen molar-refractivity contribution < 1.29 is 35.4 Å². The number of ether oxygens (including phenoxy) is 1. The van der Waals surface area contributed by atoms with Crippen LogP contribution < -0.4 is 0 Å². The number of aliphatic hydroxyl groups excluding tert-OH is 6. The Morgan fingerprint density at radius 3 is 1.32 bits per heavy atom. The first kappa shape index (κ1) is 20.5. The Morgan fingerprint density at radius 1 is 0.789 bits per heavy atom. The fourth-order valence-electron chi connectivity index (χ4n) is 0.906. The van der Waals surface area contributed by atoms with E-state index < -0.39 is 37.6 Å². The summed E-state index contributed by atoms with van der Waals surface area (Å²) >= 11 is 0. The first-order valence-corrected chi connectivity index (χ1v) is 5.69. The second-order valence-corrected chi connectivity index (χ2v) is 3.60. The third kappa shape index (κ3) is 10.8. The molecule has 0 bridgehead atoms. The van der Waals surface area contributed by atoms with Crippen LogP contribution in [0.25, 0.3) is 0 Å². The van der Waals surface area contributed by atoms with Gasteiger partial charge in [-0.3, -0.25) is 0 Å². The van der Waals surface area contributed by atoms with Crippen LogP contribution in [0.3, 0.4) is 0 Å². The predicted octanol–water partition coefficient (Wildman–Crippen LogP) is -2.21. The monoisotopic (exact) mass is 280 g/mol. The molecule has 0 saturated carbocycles. The molecule has 7 nitrogen and oxygen atoms in total. The van der Waals surface area contributed by atoms with Crippen LogP contribution in [-0.2, 0) is 4.74 Å². The van der Waals surface area contributed by atoms with Gasteiger partial charge in [0.05, 0.1) is 26.4 Å². The zero-order chi connectivity index (χ0) is 15.3. The largest absolute Gasteiger partial charge is 0.394 e. The van der Waals surface area contributed by atoms with Gasteiger partial charge in [-0.2, -0.15) is 0 Å². The van der Waals surface area contributed by atoms with Crippen molar-refractivity contribution in [2.24, 2.45) is 0 Å². The van der Waals surface area contributed by atoms with Crippen molar-refractivity contribution >= 4 is 0 Å². The van der Waals surface area contributed by atoms with Crippen molar-refractivity contribution in [1.82, 2.24) is 0 Å². The minimum Gasteiger partial charge on any atom is -0.394 e. The topological polar surface area (TPSA) is 131 Å². The fourth-order valence-corrected chi connectivity index (χ4v) is 0.906. The zero-order valence-electron chi connectivity index (χ0n) is 10.8. The number of rotatable bonds is 9. The highest BCUT2D eigenvalue weighted by molar-refractivity contribution is 4.79. The van der Waals surface area contributed by atoms with Gasteiger partial charge in [-0.25, -0.2) is 0 Å². The normalized spacial score (nSPS) is 16.5. The number of hydrogen-bond acceptors (Lipinski definition) is 7. The Balaban J connectivity index is 0. The van der Waals surface area contributed by atoms with Gasteiger partial charge in [-0.05, 0) is 0 Å². The Hall–Kier alpha value is -0.800. The molecule has 0 aliphatic heterocycles. The summed E-state index contributed by atoms with van der Waals surface area (Å²) < 4.78 is 4.90. The summed E-state index contributed by atoms with van der Waals surface area (Å²) in [5.41, 5.74) is 0. The third-order valence-electron chi connectivity index (χ3n) is 1.98. The van der Waals surface area contributed by atoms with Crippen molar-refractivity contribution in [2.75, 3.05) is 26.4 Å². The highest BCUT2D eigenvalue weighted by Gasteiger charge is 2.29. The Bertz CT molecular complexity index is 200. The molecule has 0 heterocycles. The maximum atomic E-state index is 8.96. The summed E-state index contributed by atoms with van der Waals surface area (Å²) in [7, 11) is 0. The van der Waals surface area contributed by atoms with E-state index >= 15 is 0 Å². The van der Waals surface area contributed by atoms with E-state index in [9.17, 15) is 0 Å². The fraction of sp³-hybridized carbons (Fsp3) is 0.667. The summed E-state index contributed by atoms with van der Waals surface area (Å²) in [6.45, 7) is 6.73. The van der Waals surface area contributed by atoms with E-state index in [0.717, 1.165) is 0 Å². The molecule has 7 heteroatoms. The number of aliphatic hydroxyl groups is 6. The molecule has 6 N–H and O–H groups in total. The van der Waals surface area contributed by atoms with Crippen molar-refractivity contribution in [2.45, 2.75) is 24.4 Å². The lowest BCUT2D eigenvalue weighted by Crippen LogP contribution is -2.46. The molecule has 0 aromatic carbocycles. The lowest BCUT2D eigenvalue weighted by molar-refractivity contribution is -0.123. The average molecular weight is 280 g/mol. The maximum absolute atomic E-state index is 8.96. The van der Waals surface area contributed by atoms with Crippen molar-refractivity contribution in [1.29, 1.82) is 0 Å². The first-order chi connectivity index (χ1) is 8.95. The van der Waals surface area contributed by atoms with E-state index in [1.807, 2.05) is 0 Å². The van der Waals surface area contributed by atoms with Gasteiger partial charge in [0, 0.05) is 0 Å². The second-order valence-electron chi connectivity index (χ2n) is 3.60. The molecule has 0 aromatic rings. The van der Waals surface area contributed by atoms with Gasteiger partial charge < -0.3 is 35.4 Å². The maximum Gasteiger partial charge on any atom is 0.111 e. The highest BCUT2D eigenvalue weighted by Crippen LogP contribution is 2.03. The molecular weight excluding hydrogens is 256 g/mol. The quantitative estimate of drug-likeness (QED) is 0.208. The SMILES string of the molecule is C=CCOCC=C.OC[C@@H](O)[C@@H](O)[C@H](O)[C@@H](O)CO. The third-order valence-corrected chi connectivity index (χ3v) is 1.98. The van der Waals surface area contributed by atoms with Crippen LogP contribution in [0.4, 0.5) is 0 Å². The van der Waals surface area contributed by atoms with E-state index in [0.29, 0.717) is 13.2 Å². The zero-order valence-corrected chi connectivity index (χ0v) is 10.8. The van der Waals surface area contributed by atoms with E-state index in [4.69, 9.17) is 35.4 Å². The molecular formula is C12H24O7. The molecule has 0 spiro atoms. The standard InChI is InChI=1S/C6H14O6.C6H10O/c7-1-3(9)5(11)6(12)4(10)2-8;1-3-5-7-6-4-2/h3-12H,1-2H2;3-4H,1-2,5-6H2/t3-,4+,5-,6-;/m1./s1. The van der Waals surface area contributed by atoms with E-state index in [1.54, 1.807) is 12.2 Å². The van der Waals surface area contributed by atoms with Gasteiger partial charge in [0.2, 0.25) is 0 Å². The van der Waals surface area contributed by atoms with E-state index in [1.165, 1.54) is 0 Å². The lowest BCUT2D eigenvalue weighted by Gasteiger charge is -2.24. The Morgan fingerprint density at radius 2 is 1.11 bits per heavy atom. The van der Waals surface area contributed by atoms with Crippen LogP contribution in [0, 0.1) is 0 Å². The van der Waals surface area contributed by atoms with Gasteiger partial charge in [0.25, 0.3) is 0 Å². The van der Waals surface area contributed by atoms with Gasteiger partial charge in [-0.15, -0.1) is 13.2 Å². The van der Waals surface area contributed by atoms with Gasteiger partial charge in [0.15, 0.2) is 0 Å². The molecule has 0 aliphatic rings. The van der Waals surface area contributed by atoms with Crippen LogP contribution in [0.2, 0.25) is 0 Å². The molecule has 0 aliphatic carbocycles. The summed E-state index contributed by atoms with van der Waals surface area (Å²) in [4.78, 5) is 0. The highest BCUT2D eigenvalue weighted by atomic mass is 16.5. The Kier molecular flexibility index (Phi) is 14.7. The van der Waals surface area contributed by atoms with Crippen LogP contribution >= 0.6 is 0 Å². The Labute approximate surface area is 112 Å². The van der Waals surface area contributed by atoms with Crippen molar-refractivity contribution in [3.63, 3.8) is 0 Å². The average Bonchev–Trinajstić information content (AvgIpc) is 2.45. The second kappa shape index (κ2) is 13.6. The van der Waals surface area contributed by atoms with Crippen LogP contribution in [0.15, 0.2) is 25.3 Å². The lowest BCUT2D eigenvalue weighted by atomic mass is 10.0. The molecule has 0 aromatic heterocycles. The molecule has 19 heavy (non-hydrogen) atoms. The van der Waals surface area contributed by atoms with Gasteiger partial charge >= 0.3 is 0 Å². The van der Waals surface area contributed by atoms with E-state index in [2.05, 4.69) is 13.2 Å². The predicted molar refractivity (Wildman–Crippen MR) is 69.4 cm³/mol. The summed E-state index contributed by atoms with van der Waals surface area (Å²) in [5.74, 6) is 0. The molecule has 0 amide bonds. The van der Waals surface area contributed by atoms with Gasteiger partial charge in [0.1, 0.15) is 24.4 Å². The van der Waals surface area contributed by atoms with E-state index in [-0.39, 0.29) is 0 Å². The molecule has 0 radical (unpaired) electrons. The number of hydrogen-bond donors (Lipinski definition) is 6. The van der Waals surface area contributed by atoms with Gasteiger partial charge in [-0.1, -0.05) is 12.2 Å². The molecule has 0 rings (SSSR count). The van der Waals surface area contributed by atoms with Crippen molar-refractivity contribution in [3.05, 3.63) is 25.3 Å². The van der Waals surface area contributed by atoms with Crippen LogP contribution in [0.5, 0.6) is 0 Å². The summed E-state index contributed by atoms with van der Waals surface area (Å²) in [6, 6.07) is 0. The molecule has 114 valence electrons. The van der Waals surface area contributed by atoms with Crippen LogP contribution in [0.1, 0.15) is 0 Å². The summed E-state index contributed by atoms with van der Waals surface area (Å²) in [5, 5.41) is 52.2. The first-order valence-electron chi connectivity index (χ1n) is 5.69. The minimum atomic E-state index is -1.67. The van der Waals surface area contributed by atoms with Crippen molar-refractivity contribution in [3.8, 4) is 0 Å². The van der Waals surface area contributed by atoms with Crippen LogP contribution in [-0.4, -0.2) is 81.5 Å². The molecule has 4 atom stereocenters.